The zero-order chi connectivity index (χ0) is 9.80. The first-order valence-corrected chi connectivity index (χ1v) is 5.15. The highest BCUT2D eigenvalue weighted by Crippen LogP contribution is 2.17. The number of rotatable bonds is 2. The van der Waals surface area contributed by atoms with Crippen LogP contribution in [0.1, 0.15) is 13.3 Å². The Morgan fingerprint density at radius 1 is 1.36 bits per heavy atom. The van der Waals surface area contributed by atoms with E-state index in [1.165, 1.54) is 11.1 Å². The lowest BCUT2D eigenvalue weighted by Gasteiger charge is -2.18. The SMILES string of the molecule is CCC1C=CC(C2=CCNC=C2)=CN1. The second kappa shape index (κ2) is 4.18. The smallest absolute Gasteiger partial charge is 0.0439 e. The Bertz CT molecular complexity index is 321. The van der Waals surface area contributed by atoms with Crippen molar-refractivity contribution in [2.45, 2.75) is 19.4 Å². The van der Waals surface area contributed by atoms with E-state index < -0.39 is 0 Å². The van der Waals surface area contributed by atoms with Gasteiger partial charge in [0.2, 0.25) is 0 Å². The van der Waals surface area contributed by atoms with E-state index in [2.05, 4.69) is 48.1 Å². The average Bonchev–Trinajstić information content (AvgIpc) is 2.30. The Balaban J connectivity index is 2.07. The minimum absolute atomic E-state index is 0.505. The Morgan fingerprint density at radius 2 is 2.29 bits per heavy atom. The summed E-state index contributed by atoms with van der Waals surface area (Å²) < 4.78 is 0. The van der Waals surface area contributed by atoms with Gasteiger partial charge in [0.05, 0.1) is 0 Å². The van der Waals surface area contributed by atoms with Crippen molar-refractivity contribution in [3.05, 3.63) is 47.9 Å². The number of dihydropyridines is 2. The van der Waals surface area contributed by atoms with Crippen molar-refractivity contribution in [2.24, 2.45) is 0 Å². The van der Waals surface area contributed by atoms with E-state index in [9.17, 15) is 0 Å². The third-order valence-corrected chi connectivity index (χ3v) is 2.55. The fraction of sp³-hybridized carbons (Fsp3) is 0.333. The maximum atomic E-state index is 3.37. The topological polar surface area (TPSA) is 24.1 Å². The van der Waals surface area contributed by atoms with Crippen LogP contribution in [0, 0.1) is 0 Å². The standard InChI is InChI=1S/C12H16N2/c1-2-12-4-3-11(9-14-12)10-5-7-13-8-6-10/h3-7,9,12-14H,2,8H2,1H3. The second-order valence-corrected chi connectivity index (χ2v) is 3.54. The van der Waals surface area contributed by atoms with E-state index in [0.29, 0.717) is 6.04 Å². The summed E-state index contributed by atoms with van der Waals surface area (Å²) in [5.74, 6) is 0. The van der Waals surface area contributed by atoms with Crippen LogP contribution in [-0.4, -0.2) is 12.6 Å². The predicted octanol–water partition coefficient (Wildman–Crippen LogP) is 1.85. The van der Waals surface area contributed by atoms with E-state index >= 15 is 0 Å². The van der Waals surface area contributed by atoms with Crippen molar-refractivity contribution >= 4 is 0 Å². The highest BCUT2D eigenvalue weighted by Gasteiger charge is 2.07. The third kappa shape index (κ3) is 1.90. The lowest BCUT2D eigenvalue weighted by atomic mass is 10.0. The molecule has 1 unspecified atom stereocenters. The van der Waals surface area contributed by atoms with Crippen molar-refractivity contribution in [1.82, 2.24) is 10.6 Å². The number of hydrogen-bond acceptors (Lipinski definition) is 2. The molecule has 2 rings (SSSR count). The molecule has 0 amide bonds. The largest absolute Gasteiger partial charge is 0.387 e. The molecule has 74 valence electrons. The lowest BCUT2D eigenvalue weighted by Crippen LogP contribution is -2.24. The molecule has 0 aromatic carbocycles. The van der Waals surface area contributed by atoms with E-state index in [4.69, 9.17) is 0 Å². The first-order valence-electron chi connectivity index (χ1n) is 5.15. The Kier molecular flexibility index (Phi) is 2.73. The molecule has 2 aliphatic heterocycles. The Morgan fingerprint density at radius 3 is 2.86 bits per heavy atom. The van der Waals surface area contributed by atoms with Crippen molar-refractivity contribution in [1.29, 1.82) is 0 Å². The summed E-state index contributed by atoms with van der Waals surface area (Å²) in [7, 11) is 0. The molecule has 2 nitrogen and oxygen atoms in total. The van der Waals surface area contributed by atoms with E-state index in [1.807, 2.05) is 6.20 Å². The monoisotopic (exact) mass is 188 g/mol. The highest BCUT2D eigenvalue weighted by atomic mass is 14.9. The highest BCUT2D eigenvalue weighted by molar-refractivity contribution is 5.48. The van der Waals surface area contributed by atoms with E-state index in [0.717, 1.165) is 13.0 Å². The number of hydrogen-bond donors (Lipinski definition) is 2. The van der Waals surface area contributed by atoms with Gasteiger partial charge in [0.1, 0.15) is 0 Å². The molecule has 0 saturated carbocycles. The van der Waals surface area contributed by atoms with Gasteiger partial charge in [-0.05, 0) is 29.8 Å². The Labute approximate surface area is 85.1 Å². The van der Waals surface area contributed by atoms with Crippen LogP contribution in [0.2, 0.25) is 0 Å². The van der Waals surface area contributed by atoms with Crippen LogP contribution in [0.15, 0.2) is 47.9 Å². The molecule has 0 spiro atoms. The van der Waals surface area contributed by atoms with Crippen molar-refractivity contribution in [2.75, 3.05) is 6.54 Å². The molecule has 0 aromatic heterocycles. The maximum absolute atomic E-state index is 3.37. The molecule has 0 bridgehead atoms. The van der Waals surface area contributed by atoms with Gasteiger partial charge in [0, 0.05) is 18.8 Å². The van der Waals surface area contributed by atoms with E-state index in [1.54, 1.807) is 0 Å². The molecular formula is C12H16N2. The fourth-order valence-electron chi connectivity index (χ4n) is 1.62. The van der Waals surface area contributed by atoms with E-state index in [-0.39, 0.29) is 0 Å². The maximum Gasteiger partial charge on any atom is 0.0439 e. The molecule has 0 aliphatic carbocycles. The molecule has 0 fully saturated rings. The molecule has 2 heterocycles. The summed E-state index contributed by atoms with van der Waals surface area (Å²) in [5, 5.41) is 6.52. The molecular weight excluding hydrogens is 172 g/mol. The molecule has 0 radical (unpaired) electrons. The quantitative estimate of drug-likeness (QED) is 0.691. The lowest BCUT2D eigenvalue weighted by molar-refractivity contribution is 0.667. The van der Waals surface area contributed by atoms with Crippen LogP contribution in [0.25, 0.3) is 0 Å². The molecule has 1 atom stereocenters. The van der Waals surface area contributed by atoms with Gasteiger partial charge in [0.25, 0.3) is 0 Å². The van der Waals surface area contributed by atoms with Crippen LogP contribution < -0.4 is 10.6 Å². The first-order chi connectivity index (χ1) is 6.90. The summed E-state index contributed by atoms with van der Waals surface area (Å²) in [6.07, 6.45) is 14.0. The Hall–Kier alpha value is -1.44. The summed E-state index contributed by atoms with van der Waals surface area (Å²) in [6.45, 7) is 3.11. The normalized spacial score (nSPS) is 24.8. The van der Waals surface area contributed by atoms with Crippen LogP contribution in [0.4, 0.5) is 0 Å². The number of nitrogens with one attached hydrogen (secondary N) is 2. The minimum Gasteiger partial charge on any atom is -0.387 e. The second-order valence-electron chi connectivity index (χ2n) is 3.54. The minimum atomic E-state index is 0.505. The van der Waals surface area contributed by atoms with Crippen molar-refractivity contribution in [3.63, 3.8) is 0 Å². The van der Waals surface area contributed by atoms with Crippen LogP contribution in [0.5, 0.6) is 0 Å². The van der Waals surface area contributed by atoms with Crippen molar-refractivity contribution < 1.29 is 0 Å². The molecule has 2 N–H and O–H groups in total. The molecule has 0 aromatic rings. The van der Waals surface area contributed by atoms with Crippen LogP contribution in [0.3, 0.4) is 0 Å². The van der Waals surface area contributed by atoms with Crippen LogP contribution in [-0.2, 0) is 0 Å². The predicted molar refractivity (Wildman–Crippen MR) is 59.7 cm³/mol. The third-order valence-electron chi connectivity index (χ3n) is 2.55. The molecule has 14 heavy (non-hydrogen) atoms. The van der Waals surface area contributed by atoms with Gasteiger partial charge in [0.15, 0.2) is 0 Å². The van der Waals surface area contributed by atoms with Gasteiger partial charge in [-0.1, -0.05) is 25.2 Å². The molecule has 0 saturated heterocycles. The summed E-state index contributed by atoms with van der Waals surface area (Å²) in [4.78, 5) is 0. The summed E-state index contributed by atoms with van der Waals surface area (Å²) in [5.41, 5.74) is 2.56. The zero-order valence-corrected chi connectivity index (χ0v) is 8.46. The van der Waals surface area contributed by atoms with Gasteiger partial charge in [-0.25, -0.2) is 0 Å². The van der Waals surface area contributed by atoms with Crippen LogP contribution >= 0.6 is 0 Å². The van der Waals surface area contributed by atoms with Crippen molar-refractivity contribution in [3.8, 4) is 0 Å². The number of allylic oxidation sites excluding steroid dienone is 4. The zero-order valence-electron chi connectivity index (χ0n) is 8.46. The first kappa shape index (κ1) is 9.13. The fourth-order valence-corrected chi connectivity index (χ4v) is 1.62. The van der Waals surface area contributed by atoms with Gasteiger partial charge in [-0.2, -0.15) is 0 Å². The molecule has 2 heteroatoms. The van der Waals surface area contributed by atoms with Gasteiger partial charge < -0.3 is 10.6 Å². The van der Waals surface area contributed by atoms with Gasteiger partial charge in [-0.3, -0.25) is 0 Å². The van der Waals surface area contributed by atoms with Gasteiger partial charge >= 0.3 is 0 Å². The summed E-state index contributed by atoms with van der Waals surface area (Å²) >= 11 is 0. The average molecular weight is 188 g/mol. The van der Waals surface area contributed by atoms with Gasteiger partial charge in [-0.15, -0.1) is 0 Å². The summed E-state index contributed by atoms with van der Waals surface area (Å²) in [6, 6.07) is 0.505. The molecule has 2 aliphatic rings.